The Labute approximate surface area is 181 Å². The fourth-order valence-corrected chi connectivity index (χ4v) is 4.88. The SMILES string of the molecule is COc1ccc2c(c1)/C(=C/C(=O)c1cccc(C(=O)N3CCSC3)c1)NC(C)(C)C2. The molecule has 1 fully saturated rings. The summed E-state index contributed by atoms with van der Waals surface area (Å²) < 4.78 is 5.38. The maximum absolute atomic E-state index is 13.1. The van der Waals surface area contributed by atoms with Crippen LogP contribution < -0.4 is 10.1 Å². The number of amides is 1. The summed E-state index contributed by atoms with van der Waals surface area (Å²) in [6, 6.07) is 13.0. The van der Waals surface area contributed by atoms with Gasteiger partial charge in [-0.3, -0.25) is 9.59 Å². The van der Waals surface area contributed by atoms with Gasteiger partial charge in [-0.05, 0) is 50.1 Å². The van der Waals surface area contributed by atoms with E-state index in [1.54, 1.807) is 49.2 Å². The van der Waals surface area contributed by atoms with Gasteiger partial charge in [-0.25, -0.2) is 0 Å². The van der Waals surface area contributed by atoms with Crippen LogP contribution in [0.5, 0.6) is 5.75 Å². The normalized spacial score (nSPS) is 18.6. The van der Waals surface area contributed by atoms with E-state index in [-0.39, 0.29) is 17.2 Å². The molecule has 1 N–H and O–H groups in total. The second kappa shape index (κ2) is 8.19. The molecule has 0 saturated carbocycles. The molecule has 0 radical (unpaired) electrons. The number of benzene rings is 2. The van der Waals surface area contributed by atoms with Crippen molar-refractivity contribution in [3.8, 4) is 5.75 Å². The molecular formula is C24H26N2O3S. The van der Waals surface area contributed by atoms with Gasteiger partial charge in [-0.15, -0.1) is 11.8 Å². The van der Waals surface area contributed by atoms with E-state index in [1.165, 1.54) is 5.56 Å². The number of ether oxygens (including phenoxy) is 1. The van der Waals surface area contributed by atoms with Crippen molar-refractivity contribution in [1.29, 1.82) is 0 Å². The molecule has 6 heteroatoms. The maximum atomic E-state index is 13.1. The third-order valence-electron chi connectivity index (χ3n) is 5.42. The van der Waals surface area contributed by atoms with Gasteiger partial charge in [0.2, 0.25) is 0 Å². The third-order valence-corrected chi connectivity index (χ3v) is 6.39. The molecule has 1 saturated heterocycles. The summed E-state index contributed by atoms with van der Waals surface area (Å²) in [5.41, 5.74) is 3.82. The zero-order chi connectivity index (χ0) is 21.3. The Hall–Kier alpha value is -2.73. The highest BCUT2D eigenvalue weighted by Crippen LogP contribution is 2.32. The van der Waals surface area contributed by atoms with Gasteiger partial charge in [0, 0.05) is 46.3 Å². The predicted octanol–water partition coefficient (Wildman–Crippen LogP) is 3.99. The van der Waals surface area contributed by atoms with Crippen molar-refractivity contribution in [3.63, 3.8) is 0 Å². The van der Waals surface area contributed by atoms with Crippen molar-refractivity contribution in [3.05, 3.63) is 70.8 Å². The first kappa shape index (κ1) is 20.5. The standard InChI is InChI=1S/C24H26N2O3S/c1-24(2)14-18-7-8-19(29-3)12-20(18)21(25-24)13-22(27)16-5-4-6-17(11-16)23(28)26-9-10-30-15-26/h4-8,11-13,25H,9-10,14-15H2,1-3H3/b21-13-. The highest BCUT2D eigenvalue weighted by molar-refractivity contribution is 7.99. The van der Waals surface area contributed by atoms with Crippen LogP contribution in [0.15, 0.2) is 48.5 Å². The van der Waals surface area contributed by atoms with Crippen LogP contribution in [0.3, 0.4) is 0 Å². The van der Waals surface area contributed by atoms with Crippen molar-refractivity contribution >= 4 is 29.1 Å². The molecule has 0 unspecified atom stereocenters. The number of methoxy groups -OCH3 is 1. The fourth-order valence-electron chi connectivity index (χ4n) is 3.93. The summed E-state index contributed by atoms with van der Waals surface area (Å²) in [5.74, 6) is 2.27. The summed E-state index contributed by atoms with van der Waals surface area (Å²) >= 11 is 1.75. The maximum Gasteiger partial charge on any atom is 0.254 e. The van der Waals surface area contributed by atoms with Crippen molar-refractivity contribution in [1.82, 2.24) is 10.2 Å². The Morgan fingerprint density at radius 2 is 1.97 bits per heavy atom. The molecule has 0 atom stereocenters. The Kier molecular flexibility index (Phi) is 5.60. The second-order valence-electron chi connectivity index (χ2n) is 8.32. The zero-order valence-electron chi connectivity index (χ0n) is 17.5. The van der Waals surface area contributed by atoms with Gasteiger partial charge in [0.1, 0.15) is 5.75 Å². The molecule has 2 aromatic carbocycles. The topological polar surface area (TPSA) is 58.6 Å². The lowest BCUT2D eigenvalue weighted by Crippen LogP contribution is -2.43. The minimum absolute atomic E-state index is 0.0192. The number of thioether (sulfide) groups is 1. The monoisotopic (exact) mass is 422 g/mol. The molecule has 2 aliphatic heterocycles. The number of hydrogen-bond acceptors (Lipinski definition) is 5. The average molecular weight is 423 g/mol. The Morgan fingerprint density at radius 1 is 1.17 bits per heavy atom. The number of carbonyl (C=O) groups excluding carboxylic acids is 2. The number of carbonyl (C=O) groups is 2. The van der Waals surface area contributed by atoms with E-state index in [4.69, 9.17) is 4.74 Å². The zero-order valence-corrected chi connectivity index (χ0v) is 18.3. The van der Waals surface area contributed by atoms with Crippen LogP contribution in [-0.2, 0) is 6.42 Å². The molecule has 30 heavy (non-hydrogen) atoms. The molecule has 156 valence electrons. The van der Waals surface area contributed by atoms with E-state index in [0.717, 1.165) is 35.7 Å². The number of nitrogens with zero attached hydrogens (tertiary/aromatic N) is 1. The van der Waals surface area contributed by atoms with E-state index in [1.807, 2.05) is 17.0 Å². The first-order chi connectivity index (χ1) is 14.4. The van der Waals surface area contributed by atoms with Gasteiger partial charge >= 0.3 is 0 Å². The summed E-state index contributed by atoms with van der Waals surface area (Å²) in [6.07, 6.45) is 2.49. The summed E-state index contributed by atoms with van der Waals surface area (Å²) in [6.45, 7) is 4.99. The van der Waals surface area contributed by atoms with E-state index in [0.29, 0.717) is 17.0 Å². The minimum Gasteiger partial charge on any atom is -0.497 e. The number of ketones is 1. The van der Waals surface area contributed by atoms with Crippen LogP contribution in [0.2, 0.25) is 0 Å². The largest absolute Gasteiger partial charge is 0.497 e. The van der Waals surface area contributed by atoms with Crippen LogP contribution in [0.1, 0.15) is 45.7 Å². The number of hydrogen-bond donors (Lipinski definition) is 1. The van der Waals surface area contributed by atoms with Crippen LogP contribution >= 0.6 is 11.8 Å². The molecule has 4 rings (SSSR count). The molecular weight excluding hydrogens is 396 g/mol. The first-order valence-corrected chi connectivity index (χ1v) is 11.2. The number of fused-ring (bicyclic) bond motifs is 1. The molecule has 0 spiro atoms. The minimum atomic E-state index is -0.168. The summed E-state index contributed by atoms with van der Waals surface area (Å²) in [5, 5.41) is 3.49. The van der Waals surface area contributed by atoms with Crippen LogP contribution in [0, 0.1) is 0 Å². The van der Waals surface area contributed by atoms with Gasteiger partial charge in [0.05, 0.1) is 13.0 Å². The highest BCUT2D eigenvalue weighted by atomic mass is 32.2. The fraction of sp³-hybridized carbons (Fsp3) is 0.333. The van der Waals surface area contributed by atoms with Gasteiger partial charge in [-0.1, -0.05) is 18.2 Å². The molecule has 0 aromatic heterocycles. The van der Waals surface area contributed by atoms with Crippen molar-refractivity contribution < 1.29 is 14.3 Å². The van der Waals surface area contributed by atoms with Crippen LogP contribution in [-0.4, -0.2) is 47.4 Å². The van der Waals surface area contributed by atoms with Crippen molar-refractivity contribution in [2.45, 2.75) is 25.8 Å². The third kappa shape index (κ3) is 4.24. The Balaban J connectivity index is 1.66. The second-order valence-corrected chi connectivity index (χ2v) is 9.39. The Bertz CT molecular complexity index is 1020. The smallest absolute Gasteiger partial charge is 0.254 e. The lowest BCUT2D eigenvalue weighted by molar-refractivity contribution is 0.0802. The number of allylic oxidation sites excluding steroid dienone is 1. The van der Waals surface area contributed by atoms with Crippen LogP contribution in [0.25, 0.3) is 5.70 Å². The first-order valence-electron chi connectivity index (χ1n) is 10.0. The quantitative estimate of drug-likeness (QED) is 0.596. The summed E-state index contributed by atoms with van der Waals surface area (Å²) in [4.78, 5) is 27.6. The van der Waals surface area contributed by atoms with E-state index >= 15 is 0 Å². The molecule has 0 aliphatic carbocycles. The molecule has 2 aromatic rings. The molecule has 0 bridgehead atoms. The average Bonchev–Trinajstić information content (AvgIpc) is 3.27. The predicted molar refractivity (Wildman–Crippen MR) is 121 cm³/mol. The van der Waals surface area contributed by atoms with Gasteiger partial charge < -0.3 is 15.0 Å². The van der Waals surface area contributed by atoms with E-state index in [2.05, 4.69) is 25.2 Å². The highest BCUT2D eigenvalue weighted by Gasteiger charge is 2.28. The van der Waals surface area contributed by atoms with E-state index in [9.17, 15) is 9.59 Å². The molecule has 2 heterocycles. The van der Waals surface area contributed by atoms with Crippen molar-refractivity contribution in [2.24, 2.45) is 0 Å². The van der Waals surface area contributed by atoms with E-state index < -0.39 is 0 Å². The van der Waals surface area contributed by atoms with Gasteiger partial charge in [0.15, 0.2) is 5.78 Å². The van der Waals surface area contributed by atoms with Crippen molar-refractivity contribution in [2.75, 3.05) is 25.3 Å². The summed E-state index contributed by atoms with van der Waals surface area (Å²) in [7, 11) is 1.64. The lowest BCUT2D eigenvalue weighted by atomic mass is 9.85. The van der Waals surface area contributed by atoms with Gasteiger partial charge in [0.25, 0.3) is 5.91 Å². The lowest BCUT2D eigenvalue weighted by Gasteiger charge is -2.35. The number of nitrogens with one attached hydrogen (secondary N) is 1. The molecule has 5 nitrogen and oxygen atoms in total. The van der Waals surface area contributed by atoms with Crippen LogP contribution in [0.4, 0.5) is 0 Å². The number of rotatable bonds is 4. The molecule has 1 amide bonds. The molecule has 2 aliphatic rings. The Morgan fingerprint density at radius 3 is 2.70 bits per heavy atom. The van der Waals surface area contributed by atoms with Gasteiger partial charge in [-0.2, -0.15) is 0 Å².